The maximum atomic E-state index is 12.9. The number of carboxylic acids is 1. The number of nitrogens with zero attached hydrogens (tertiary/aromatic N) is 3. The quantitative estimate of drug-likeness (QED) is 0.145. The summed E-state index contributed by atoms with van der Waals surface area (Å²) in [5.41, 5.74) is 5.55. The van der Waals surface area contributed by atoms with E-state index in [0.717, 1.165) is 16.2 Å². The van der Waals surface area contributed by atoms with Crippen LogP contribution < -0.4 is 20.5 Å². The second-order valence-corrected chi connectivity index (χ2v) is 9.93. The number of ether oxygens (including phenoxy) is 3. The Morgan fingerprint density at radius 3 is 2.56 bits per heavy atom. The molecule has 2 aromatic rings. The number of rotatable bonds is 11. The van der Waals surface area contributed by atoms with Crippen molar-refractivity contribution >= 4 is 57.7 Å². The maximum absolute atomic E-state index is 12.9. The molecule has 4 N–H and O–H groups in total. The highest BCUT2D eigenvalue weighted by Gasteiger charge is 2.54. The number of nitrogens with two attached hydrogens (primary N) is 1. The summed E-state index contributed by atoms with van der Waals surface area (Å²) in [5, 5.41) is 17.1. The smallest absolute Gasteiger partial charge is 0.352 e. The minimum Gasteiger partial charge on any atom is -0.497 e. The first kappa shape index (κ1) is 27.7. The minimum absolute atomic E-state index is 0.150. The van der Waals surface area contributed by atoms with Crippen molar-refractivity contribution in [3.05, 3.63) is 46.6 Å². The molecule has 39 heavy (non-hydrogen) atoms. The fourth-order valence-electron chi connectivity index (χ4n) is 3.72. The Labute approximate surface area is 229 Å². The van der Waals surface area contributed by atoms with E-state index in [1.54, 1.807) is 24.3 Å². The molecule has 0 radical (unpaired) electrons. The molecule has 2 aliphatic rings. The molecule has 1 fully saturated rings. The number of nitrogen functional groups attached to an aromatic ring is 1. The van der Waals surface area contributed by atoms with Crippen LogP contribution in [0.15, 0.2) is 46.1 Å². The lowest BCUT2D eigenvalue weighted by Gasteiger charge is -2.49. The number of anilines is 1. The average Bonchev–Trinajstić information content (AvgIpc) is 3.37. The Morgan fingerprint density at radius 1 is 1.23 bits per heavy atom. The molecule has 3 heterocycles. The van der Waals surface area contributed by atoms with Crippen LogP contribution >= 0.6 is 23.1 Å². The number of fused-ring (bicyclic) bond motifs is 1. The van der Waals surface area contributed by atoms with E-state index in [9.17, 15) is 24.3 Å². The molecule has 1 aromatic heterocycles. The number of amides is 2. The van der Waals surface area contributed by atoms with Gasteiger partial charge >= 0.3 is 11.9 Å². The summed E-state index contributed by atoms with van der Waals surface area (Å²) in [4.78, 5) is 59.8. The van der Waals surface area contributed by atoms with E-state index in [1.165, 1.54) is 31.4 Å². The molecule has 0 aliphatic carbocycles. The highest BCUT2D eigenvalue weighted by Crippen LogP contribution is 2.40. The summed E-state index contributed by atoms with van der Waals surface area (Å²) >= 11 is 2.31. The Morgan fingerprint density at radius 2 is 1.95 bits per heavy atom. The number of esters is 1. The number of carbonyl (C=O) groups excluding carboxylic acids is 3. The van der Waals surface area contributed by atoms with Gasteiger partial charge in [-0.05, 0) is 24.3 Å². The van der Waals surface area contributed by atoms with E-state index in [4.69, 9.17) is 24.8 Å². The molecule has 2 aliphatic heterocycles. The molecule has 1 saturated heterocycles. The fraction of sp³-hybridized carbons (Fsp3) is 0.304. The van der Waals surface area contributed by atoms with Gasteiger partial charge < -0.3 is 35.2 Å². The number of benzene rings is 1. The van der Waals surface area contributed by atoms with Crippen LogP contribution in [0, 0.1) is 0 Å². The van der Waals surface area contributed by atoms with Crippen molar-refractivity contribution in [1.29, 1.82) is 0 Å². The molecule has 4 rings (SSSR count). The summed E-state index contributed by atoms with van der Waals surface area (Å²) in [6, 6.07) is 5.56. The molecule has 1 unspecified atom stereocenters. The first-order chi connectivity index (χ1) is 18.7. The van der Waals surface area contributed by atoms with Crippen LogP contribution in [-0.2, 0) is 28.8 Å². The standard InChI is InChI=1S/C23H23N5O9S2/c1-34-12-3-5-13(6-4-12)36-8-15(29)37-7-11-9-38-21-17(20(31)28(21)18(11)22(32)33)26-19(30)16(27-35-2)14-10-39-23(24)25-14/h3-6,10,17,21H,7-9H2,1-2H3,(H2,24,25)(H,26,30)(H,32,33)/t17?,21-/m0/s1. The van der Waals surface area contributed by atoms with Crippen molar-refractivity contribution in [3.8, 4) is 11.5 Å². The lowest BCUT2D eigenvalue weighted by atomic mass is 10.0. The van der Waals surface area contributed by atoms with E-state index >= 15 is 0 Å². The van der Waals surface area contributed by atoms with Crippen LogP contribution in [0.25, 0.3) is 0 Å². The predicted molar refractivity (Wildman–Crippen MR) is 139 cm³/mol. The molecular formula is C23H23N5O9S2. The molecule has 0 bridgehead atoms. The number of β-lactam (4-membered cyclic amide) rings is 1. The van der Waals surface area contributed by atoms with Crippen LogP contribution in [-0.4, -0.2) is 89.1 Å². The SMILES string of the molecule is CON=C(C(=O)NC1C(=O)N2C(C(=O)O)=C(COC(=O)COc3ccc(OC)cc3)CS[C@@H]12)c1csc(N)n1. The van der Waals surface area contributed by atoms with Gasteiger partial charge in [-0.2, -0.15) is 0 Å². The molecule has 2 amide bonds. The largest absolute Gasteiger partial charge is 0.497 e. The normalized spacial score (nSPS) is 18.6. The molecule has 206 valence electrons. The number of thioether (sulfide) groups is 1. The monoisotopic (exact) mass is 577 g/mol. The fourth-order valence-corrected chi connectivity index (χ4v) is 5.59. The van der Waals surface area contributed by atoms with Crippen molar-refractivity contribution < 1.29 is 43.3 Å². The third-order valence-electron chi connectivity index (χ3n) is 5.52. The average molecular weight is 578 g/mol. The number of methoxy groups -OCH3 is 1. The van der Waals surface area contributed by atoms with Gasteiger partial charge in [0.1, 0.15) is 48.0 Å². The zero-order chi connectivity index (χ0) is 28.1. The highest BCUT2D eigenvalue weighted by molar-refractivity contribution is 8.00. The number of aliphatic carboxylic acids is 1. The summed E-state index contributed by atoms with van der Waals surface area (Å²) in [7, 11) is 2.78. The zero-order valence-electron chi connectivity index (χ0n) is 20.6. The van der Waals surface area contributed by atoms with Gasteiger partial charge in [-0.25, -0.2) is 14.6 Å². The molecular weight excluding hydrogens is 554 g/mol. The van der Waals surface area contributed by atoms with E-state index in [1.807, 2.05) is 0 Å². The van der Waals surface area contributed by atoms with Crippen molar-refractivity contribution in [2.24, 2.45) is 5.16 Å². The summed E-state index contributed by atoms with van der Waals surface area (Å²) in [6.45, 7) is -0.743. The summed E-state index contributed by atoms with van der Waals surface area (Å²) in [5.74, 6) is -2.26. The Kier molecular flexibility index (Phi) is 8.55. The van der Waals surface area contributed by atoms with Gasteiger partial charge in [-0.15, -0.1) is 23.1 Å². The van der Waals surface area contributed by atoms with Gasteiger partial charge in [-0.1, -0.05) is 5.16 Å². The molecule has 0 spiro atoms. The number of hydrogen-bond acceptors (Lipinski definition) is 13. The topological polar surface area (TPSA) is 192 Å². The predicted octanol–water partition coefficient (Wildman–Crippen LogP) is 0.445. The van der Waals surface area contributed by atoms with Crippen LogP contribution in [0.5, 0.6) is 11.5 Å². The van der Waals surface area contributed by atoms with Gasteiger partial charge in [0.05, 0.1) is 7.11 Å². The third kappa shape index (κ3) is 6.06. The van der Waals surface area contributed by atoms with Crippen molar-refractivity contribution in [2.45, 2.75) is 11.4 Å². The Balaban J connectivity index is 1.37. The summed E-state index contributed by atoms with van der Waals surface area (Å²) in [6.07, 6.45) is 0. The highest BCUT2D eigenvalue weighted by atomic mass is 32.2. The molecule has 1 aromatic carbocycles. The molecule has 16 heteroatoms. The zero-order valence-corrected chi connectivity index (χ0v) is 22.2. The van der Waals surface area contributed by atoms with Gasteiger partial charge in [0, 0.05) is 16.7 Å². The summed E-state index contributed by atoms with van der Waals surface area (Å²) < 4.78 is 15.6. The van der Waals surface area contributed by atoms with Crippen molar-refractivity contribution in [1.82, 2.24) is 15.2 Å². The van der Waals surface area contributed by atoms with E-state index in [0.29, 0.717) is 11.5 Å². The molecule has 14 nitrogen and oxygen atoms in total. The van der Waals surface area contributed by atoms with Crippen LogP contribution in [0.3, 0.4) is 0 Å². The number of thiazole rings is 1. The van der Waals surface area contributed by atoms with E-state index < -0.39 is 41.8 Å². The third-order valence-corrected chi connectivity index (χ3v) is 7.54. The number of oxime groups is 1. The van der Waals surface area contributed by atoms with Crippen molar-refractivity contribution in [3.63, 3.8) is 0 Å². The lowest BCUT2D eigenvalue weighted by Crippen LogP contribution is -2.71. The van der Waals surface area contributed by atoms with Crippen LogP contribution in [0.4, 0.5) is 5.13 Å². The minimum atomic E-state index is -1.36. The second kappa shape index (κ2) is 12.0. The van der Waals surface area contributed by atoms with Crippen LogP contribution in [0.1, 0.15) is 5.69 Å². The van der Waals surface area contributed by atoms with E-state index in [2.05, 4.69) is 15.5 Å². The molecule has 0 saturated carbocycles. The molecule has 2 atom stereocenters. The number of aromatic nitrogens is 1. The first-order valence-corrected chi connectivity index (χ1v) is 13.1. The van der Waals surface area contributed by atoms with E-state index in [-0.39, 0.29) is 40.2 Å². The number of hydrogen-bond donors (Lipinski definition) is 3. The van der Waals surface area contributed by atoms with Gasteiger partial charge in [0.15, 0.2) is 17.5 Å². The Hall–Kier alpha value is -4.31. The Bertz CT molecular complexity index is 1340. The lowest BCUT2D eigenvalue weighted by molar-refractivity contribution is -0.150. The number of nitrogens with one attached hydrogen (secondary N) is 1. The van der Waals surface area contributed by atoms with Gasteiger partial charge in [-0.3, -0.25) is 14.5 Å². The number of carbonyl (C=O) groups is 4. The number of carboxylic acid groups (broad SMARTS) is 1. The second-order valence-electron chi connectivity index (χ2n) is 7.94. The van der Waals surface area contributed by atoms with Crippen molar-refractivity contribution in [2.75, 3.05) is 38.9 Å². The van der Waals surface area contributed by atoms with Gasteiger partial charge in [0.25, 0.3) is 11.8 Å². The van der Waals surface area contributed by atoms with Gasteiger partial charge in [0.2, 0.25) is 0 Å². The van der Waals surface area contributed by atoms with Crippen LogP contribution in [0.2, 0.25) is 0 Å². The first-order valence-electron chi connectivity index (χ1n) is 11.2. The maximum Gasteiger partial charge on any atom is 0.352 e.